The highest BCUT2D eigenvalue weighted by Gasteiger charge is 2.06. The van der Waals surface area contributed by atoms with Crippen LogP contribution >= 0.6 is 23.4 Å². The number of thioether (sulfide) groups is 1. The minimum atomic E-state index is -0.391. The standard InChI is InChI=1S/C9H8ClFO2S/c1-13-9(12)5-14-8-3-2-6(11)4-7(8)10/h2-4H,5H2,1H3. The van der Waals surface area contributed by atoms with E-state index in [9.17, 15) is 9.18 Å². The smallest absolute Gasteiger partial charge is 0.315 e. The highest BCUT2D eigenvalue weighted by molar-refractivity contribution is 8.00. The van der Waals surface area contributed by atoms with Crippen molar-refractivity contribution in [3.63, 3.8) is 0 Å². The molecule has 2 nitrogen and oxygen atoms in total. The molecule has 1 rings (SSSR count). The van der Waals surface area contributed by atoms with E-state index < -0.39 is 5.82 Å². The molecule has 14 heavy (non-hydrogen) atoms. The molecule has 1 aromatic rings. The van der Waals surface area contributed by atoms with Gasteiger partial charge >= 0.3 is 5.97 Å². The Morgan fingerprint density at radius 3 is 2.93 bits per heavy atom. The van der Waals surface area contributed by atoms with E-state index in [1.54, 1.807) is 0 Å². The van der Waals surface area contributed by atoms with Crippen molar-refractivity contribution in [3.8, 4) is 0 Å². The van der Waals surface area contributed by atoms with Gasteiger partial charge in [-0.05, 0) is 18.2 Å². The van der Waals surface area contributed by atoms with Crippen LogP contribution in [-0.2, 0) is 9.53 Å². The van der Waals surface area contributed by atoms with E-state index >= 15 is 0 Å². The van der Waals surface area contributed by atoms with E-state index in [0.29, 0.717) is 9.92 Å². The first-order valence-electron chi connectivity index (χ1n) is 3.78. The van der Waals surface area contributed by atoms with E-state index in [1.807, 2.05) is 0 Å². The fourth-order valence-electron chi connectivity index (χ4n) is 0.788. The molecule has 0 spiro atoms. The highest BCUT2D eigenvalue weighted by Crippen LogP contribution is 2.27. The van der Waals surface area contributed by atoms with Crippen molar-refractivity contribution in [2.45, 2.75) is 4.90 Å². The van der Waals surface area contributed by atoms with Crippen LogP contribution in [0.15, 0.2) is 23.1 Å². The van der Waals surface area contributed by atoms with E-state index in [-0.39, 0.29) is 11.7 Å². The number of esters is 1. The van der Waals surface area contributed by atoms with Gasteiger partial charge in [0.1, 0.15) is 5.82 Å². The van der Waals surface area contributed by atoms with Gasteiger partial charge < -0.3 is 4.74 Å². The van der Waals surface area contributed by atoms with Crippen LogP contribution in [0.2, 0.25) is 5.02 Å². The first kappa shape index (κ1) is 11.3. The Labute approximate surface area is 90.4 Å². The van der Waals surface area contributed by atoms with Crippen LogP contribution < -0.4 is 0 Å². The van der Waals surface area contributed by atoms with Crippen LogP contribution in [0.1, 0.15) is 0 Å². The van der Waals surface area contributed by atoms with Crippen LogP contribution in [0.25, 0.3) is 0 Å². The summed E-state index contributed by atoms with van der Waals surface area (Å²) < 4.78 is 17.1. The molecule has 0 amide bonds. The molecule has 0 heterocycles. The number of hydrogen-bond acceptors (Lipinski definition) is 3. The van der Waals surface area contributed by atoms with E-state index in [1.165, 1.54) is 37.1 Å². The molecule has 0 radical (unpaired) electrons. The lowest BCUT2D eigenvalue weighted by Gasteiger charge is -2.02. The van der Waals surface area contributed by atoms with Crippen LogP contribution in [0.3, 0.4) is 0 Å². The molecule has 0 saturated heterocycles. The van der Waals surface area contributed by atoms with Crippen molar-refractivity contribution in [1.82, 2.24) is 0 Å². The fourth-order valence-corrected chi connectivity index (χ4v) is 1.87. The zero-order chi connectivity index (χ0) is 10.6. The lowest BCUT2D eigenvalue weighted by molar-refractivity contribution is -0.137. The molecule has 76 valence electrons. The number of benzene rings is 1. The molecule has 1 aromatic carbocycles. The van der Waals surface area contributed by atoms with Gasteiger partial charge in [0.25, 0.3) is 0 Å². The third kappa shape index (κ3) is 3.20. The Balaban J connectivity index is 2.63. The maximum Gasteiger partial charge on any atom is 0.315 e. The Morgan fingerprint density at radius 1 is 1.64 bits per heavy atom. The summed E-state index contributed by atoms with van der Waals surface area (Å²) in [5, 5.41) is 0.305. The second-order valence-electron chi connectivity index (χ2n) is 2.44. The van der Waals surface area contributed by atoms with Gasteiger partial charge in [0.05, 0.1) is 17.9 Å². The average molecular weight is 235 g/mol. The minimum Gasteiger partial charge on any atom is -0.468 e. The molecular weight excluding hydrogens is 227 g/mol. The summed E-state index contributed by atoms with van der Waals surface area (Å²) in [5.74, 6) is -0.560. The molecule has 0 aromatic heterocycles. The number of ether oxygens (including phenoxy) is 1. The van der Waals surface area contributed by atoms with Gasteiger partial charge in [-0.3, -0.25) is 4.79 Å². The molecular formula is C9H8ClFO2S. The summed E-state index contributed by atoms with van der Waals surface area (Å²) in [4.78, 5) is 11.5. The van der Waals surface area contributed by atoms with E-state index in [2.05, 4.69) is 4.74 Å². The van der Waals surface area contributed by atoms with Crippen molar-refractivity contribution in [2.24, 2.45) is 0 Å². The molecule has 0 atom stereocenters. The van der Waals surface area contributed by atoms with E-state index in [4.69, 9.17) is 11.6 Å². The van der Waals surface area contributed by atoms with Crippen molar-refractivity contribution in [1.29, 1.82) is 0 Å². The molecule has 0 bridgehead atoms. The second-order valence-corrected chi connectivity index (χ2v) is 3.86. The predicted molar refractivity (Wildman–Crippen MR) is 54.2 cm³/mol. The van der Waals surface area contributed by atoms with Crippen LogP contribution in [0.4, 0.5) is 4.39 Å². The molecule has 0 aliphatic carbocycles. The highest BCUT2D eigenvalue weighted by atomic mass is 35.5. The normalized spacial score (nSPS) is 9.93. The SMILES string of the molecule is COC(=O)CSc1ccc(F)cc1Cl. The zero-order valence-electron chi connectivity index (χ0n) is 7.42. The number of hydrogen-bond donors (Lipinski definition) is 0. The summed E-state index contributed by atoms with van der Waals surface area (Å²) in [5.41, 5.74) is 0. The Morgan fingerprint density at radius 2 is 2.36 bits per heavy atom. The number of carbonyl (C=O) groups excluding carboxylic acids is 1. The molecule has 0 aliphatic rings. The largest absolute Gasteiger partial charge is 0.468 e. The molecule has 0 unspecified atom stereocenters. The predicted octanol–water partition coefficient (Wildman–Crippen LogP) is 2.74. The first-order chi connectivity index (χ1) is 6.63. The molecule has 0 saturated carbocycles. The van der Waals surface area contributed by atoms with Crippen LogP contribution in [0.5, 0.6) is 0 Å². The van der Waals surface area contributed by atoms with Gasteiger partial charge in [-0.1, -0.05) is 11.6 Å². The maximum atomic E-state index is 12.6. The summed E-state index contributed by atoms with van der Waals surface area (Å²) in [6, 6.07) is 4.04. The van der Waals surface area contributed by atoms with E-state index in [0.717, 1.165) is 0 Å². The monoisotopic (exact) mass is 234 g/mol. The average Bonchev–Trinajstić information content (AvgIpc) is 2.16. The first-order valence-corrected chi connectivity index (χ1v) is 5.14. The van der Waals surface area contributed by atoms with Gasteiger partial charge in [0, 0.05) is 4.90 Å². The number of rotatable bonds is 3. The summed E-state index contributed by atoms with van der Waals surface area (Å²) in [6.45, 7) is 0. The van der Waals surface area contributed by atoms with Crippen LogP contribution in [-0.4, -0.2) is 18.8 Å². The van der Waals surface area contributed by atoms with Gasteiger partial charge in [0.15, 0.2) is 0 Å². The molecule has 0 N–H and O–H groups in total. The lowest BCUT2D eigenvalue weighted by atomic mass is 10.3. The van der Waals surface area contributed by atoms with Gasteiger partial charge in [-0.15, -0.1) is 11.8 Å². The van der Waals surface area contributed by atoms with Crippen molar-refractivity contribution in [2.75, 3.05) is 12.9 Å². The zero-order valence-corrected chi connectivity index (χ0v) is 8.99. The van der Waals surface area contributed by atoms with Crippen molar-refractivity contribution in [3.05, 3.63) is 29.0 Å². The summed E-state index contributed by atoms with van der Waals surface area (Å²) in [6.07, 6.45) is 0. The Bertz CT molecular complexity index is 344. The van der Waals surface area contributed by atoms with Gasteiger partial charge in [-0.25, -0.2) is 4.39 Å². The number of carbonyl (C=O) groups is 1. The number of halogens is 2. The van der Waals surface area contributed by atoms with Crippen LogP contribution in [0, 0.1) is 5.82 Å². The molecule has 0 fully saturated rings. The summed E-state index contributed by atoms with van der Waals surface area (Å²) >= 11 is 6.96. The third-order valence-corrected chi connectivity index (χ3v) is 2.94. The Kier molecular flexibility index (Phi) is 4.22. The minimum absolute atomic E-state index is 0.169. The fraction of sp³-hybridized carbons (Fsp3) is 0.222. The van der Waals surface area contributed by atoms with Gasteiger partial charge in [-0.2, -0.15) is 0 Å². The molecule has 0 aliphatic heterocycles. The molecule has 5 heteroatoms. The maximum absolute atomic E-state index is 12.6. The van der Waals surface area contributed by atoms with Crippen molar-refractivity contribution >= 4 is 29.3 Å². The lowest BCUT2D eigenvalue weighted by Crippen LogP contribution is -2.02. The summed E-state index contributed by atoms with van der Waals surface area (Å²) in [7, 11) is 1.31. The van der Waals surface area contributed by atoms with Crippen molar-refractivity contribution < 1.29 is 13.9 Å². The number of methoxy groups -OCH3 is 1. The third-order valence-electron chi connectivity index (χ3n) is 1.47. The Hall–Kier alpha value is -0.740. The second kappa shape index (κ2) is 5.22. The quantitative estimate of drug-likeness (QED) is 0.594. The topological polar surface area (TPSA) is 26.3 Å². The van der Waals surface area contributed by atoms with Gasteiger partial charge in [0.2, 0.25) is 0 Å².